The van der Waals surface area contributed by atoms with Gasteiger partial charge in [-0.05, 0) is 62.7 Å². The van der Waals surface area contributed by atoms with Gasteiger partial charge in [-0.1, -0.05) is 6.07 Å². The Kier molecular flexibility index (Phi) is 8.00. The summed E-state index contributed by atoms with van der Waals surface area (Å²) >= 11 is 0. The van der Waals surface area contributed by atoms with Crippen molar-refractivity contribution in [2.24, 2.45) is 5.73 Å². The van der Waals surface area contributed by atoms with Crippen molar-refractivity contribution < 1.29 is 33.3 Å². The third-order valence-electron chi connectivity index (χ3n) is 5.23. The van der Waals surface area contributed by atoms with E-state index in [2.05, 4.69) is 0 Å². The van der Waals surface area contributed by atoms with Gasteiger partial charge in [0.25, 0.3) is 0 Å². The molecule has 2 aromatic rings. The summed E-state index contributed by atoms with van der Waals surface area (Å²) in [6.07, 6.45) is 0. The second-order valence-electron chi connectivity index (χ2n) is 7.37. The Labute approximate surface area is 203 Å². The quantitative estimate of drug-likeness (QED) is 0.442. The van der Waals surface area contributed by atoms with Crippen LogP contribution in [0.2, 0.25) is 0 Å². The van der Waals surface area contributed by atoms with Gasteiger partial charge in [-0.15, -0.1) is 0 Å². The van der Waals surface area contributed by atoms with Gasteiger partial charge in [-0.3, -0.25) is 0 Å². The molecule has 3 rings (SSSR count). The van der Waals surface area contributed by atoms with E-state index in [0.29, 0.717) is 16.9 Å². The Bertz CT molecular complexity index is 1220. The van der Waals surface area contributed by atoms with Crippen molar-refractivity contribution in [1.82, 2.24) is 0 Å². The van der Waals surface area contributed by atoms with Crippen molar-refractivity contribution in [1.29, 1.82) is 5.26 Å². The Morgan fingerprint density at radius 2 is 1.77 bits per heavy atom. The lowest BCUT2D eigenvalue weighted by molar-refractivity contribution is -0.139. The van der Waals surface area contributed by atoms with E-state index in [1.54, 1.807) is 63.2 Å². The first kappa shape index (κ1) is 25.2. The molecule has 0 saturated carbocycles. The largest absolute Gasteiger partial charge is 0.497 e. The number of esters is 2. The molecule has 2 aromatic carbocycles. The second-order valence-corrected chi connectivity index (χ2v) is 7.37. The molecule has 0 amide bonds. The maximum Gasteiger partial charge on any atom is 0.343 e. The van der Waals surface area contributed by atoms with Crippen molar-refractivity contribution in [3.63, 3.8) is 0 Å². The molecule has 0 radical (unpaired) electrons. The first-order chi connectivity index (χ1) is 16.8. The molecular weight excluding hydrogens is 452 g/mol. The van der Waals surface area contributed by atoms with Crippen LogP contribution < -0.4 is 19.9 Å². The molecule has 0 spiro atoms. The van der Waals surface area contributed by atoms with Crippen LogP contribution in [0, 0.1) is 11.3 Å². The van der Waals surface area contributed by atoms with Crippen LogP contribution in [0.3, 0.4) is 0 Å². The first-order valence-corrected chi connectivity index (χ1v) is 10.9. The molecule has 0 bridgehead atoms. The van der Waals surface area contributed by atoms with Crippen LogP contribution in [0.1, 0.15) is 42.6 Å². The summed E-state index contributed by atoms with van der Waals surface area (Å²) in [5.74, 6) is -0.876. The molecule has 1 heterocycles. The fourth-order valence-electron chi connectivity index (χ4n) is 3.63. The third-order valence-corrected chi connectivity index (χ3v) is 5.23. The van der Waals surface area contributed by atoms with E-state index in [1.165, 1.54) is 7.11 Å². The number of carbonyl (C=O) groups excluding carboxylic acids is 2. The lowest BCUT2D eigenvalue weighted by atomic mass is 9.83. The van der Waals surface area contributed by atoms with E-state index in [4.69, 9.17) is 29.4 Å². The maximum absolute atomic E-state index is 12.7. The van der Waals surface area contributed by atoms with Gasteiger partial charge in [-0.25, -0.2) is 9.59 Å². The van der Waals surface area contributed by atoms with Crippen LogP contribution in [0.15, 0.2) is 65.3 Å². The van der Waals surface area contributed by atoms with Crippen LogP contribution in [0.4, 0.5) is 0 Å². The number of hydrogen-bond acceptors (Lipinski definition) is 9. The lowest BCUT2D eigenvalue weighted by Gasteiger charge is -2.27. The topological polar surface area (TPSA) is 130 Å². The van der Waals surface area contributed by atoms with Gasteiger partial charge >= 0.3 is 11.9 Å². The number of carbonyl (C=O) groups is 2. The number of nitrogens with two attached hydrogens (primary N) is 1. The van der Waals surface area contributed by atoms with Crippen LogP contribution in [-0.2, 0) is 14.3 Å². The summed E-state index contributed by atoms with van der Waals surface area (Å²) in [4.78, 5) is 25.4. The smallest absolute Gasteiger partial charge is 0.343 e. The summed E-state index contributed by atoms with van der Waals surface area (Å²) in [5, 5.41) is 9.77. The summed E-state index contributed by atoms with van der Waals surface area (Å²) in [6, 6.07) is 13.3. The van der Waals surface area contributed by atoms with Crippen molar-refractivity contribution in [3.8, 4) is 23.3 Å². The highest BCUT2D eigenvalue weighted by molar-refractivity contribution is 5.93. The Morgan fingerprint density at radius 3 is 2.37 bits per heavy atom. The number of hydrogen-bond donors (Lipinski definition) is 1. The average Bonchev–Trinajstić information content (AvgIpc) is 2.85. The van der Waals surface area contributed by atoms with E-state index >= 15 is 0 Å². The zero-order valence-corrected chi connectivity index (χ0v) is 19.9. The van der Waals surface area contributed by atoms with E-state index < -0.39 is 17.9 Å². The van der Waals surface area contributed by atoms with E-state index in [0.717, 1.165) is 0 Å². The second kappa shape index (κ2) is 11.1. The molecule has 9 nitrogen and oxygen atoms in total. The molecule has 1 aliphatic heterocycles. The molecule has 0 aliphatic carbocycles. The predicted molar refractivity (Wildman–Crippen MR) is 126 cm³/mol. The molecule has 0 aromatic heterocycles. The number of benzene rings is 2. The predicted octanol–water partition coefficient (Wildman–Crippen LogP) is 3.96. The summed E-state index contributed by atoms with van der Waals surface area (Å²) in [7, 11) is 1.53. The van der Waals surface area contributed by atoms with Crippen molar-refractivity contribution in [3.05, 3.63) is 76.4 Å². The van der Waals surface area contributed by atoms with Gasteiger partial charge in [0, 0.05) is 0 Å². The highest BCUT2D eigenvalue weighted by Crippen LogP contribution is 2.42. The molecule has 1 atom stereocenters. The molecule has 2 N–H and O–H groups in total. The molecule has 1 aliphatic rings. The van der Waals surface area contributed by atoms with E-state index in [1.807, 2.05) is 6.07 Å². The van der Waals surface area contributed by atoms with E-state index in [9.17, 15) is 14.9 Å². The van der Waals surface area contributed by atoms with Gasteiger partial charge in [0.2, 0.25) is 5.88 Å². The number of nitrogens with zero attached hydrogens (tertiary/aromatic N) is 1. The zero-order valence-electron chi connectivity index (χ0n) is 19.9. The molecule has 1 unspecified atom stereocenters. The van der Waals surface area contributed by atoms with Crippen LogP contribution in [0.5, 0.6) is 17.2 Å². The molecule has 0 fully saturated rings. The van der Waals surface area contributed by atoms with E-state index in [-0.39, 0.29) is 47.5 Å². The minimum absolute atomic E-state index is 0.0593. The molecule has 35 heavy (non-hydrogen) atoms. The van der Waals surface area contributed by atoms with Crippen LogP contribution in [-0.4, -0.2) is 32.3 Å². The highest BCUT2D eigenvalue weighted by atomic mass is 16.6. The maximum atomic E-state index is 12.7. The Balaban J connectivity index is 2.02. The van der Waals surface area contributed by atoms with Gasteiger partial charge in [-0.2, -0.15) is 5.26 Å². The average molecular weight is 479 g/mol. The Morgan fingerprint density at radius 1 is 1.06 bits per heavy atom. The molecule has 182 valence electrons. The van der Waals surface area contributed by atoms with Gasteiger partial charge in [0.05, 0.1) is 37.4 Å². The van der Waals surface area contributed by atoms with Gasteiger partial charge < -0.3 is 29.4 Å². The van der Waals surface area contributed by atoms with Crippen LogP contribution >= 0.6 is 0 Å². The van der Waals surface area contributed by atoms with Crippen molar-refractivity contribution >= 4 is 11.9 Å². The number of nitriles is 1. The van der Waals surface area contributed by atoms with Crippen molar-refractivity contribution in [2.75, 3.05) is 20.3 Å². The zero-order chi connectivity index (χ0) is 25.5. The summed E-state index contributed by atoms with van der Waals surface area (Å²) < 4.78 is 27.0. The highest BCUT2D eigenvalue weighted by Gasteiger charge is 2.36. The SMILES string of the molecule is CCOC(=O)C1=C(C)OC(N)=C(C#N)C1c1ccc(OC(=O)c2ccc(OC)cc2)c(OCC)c1. The molecule has 0 saturated heterocycles. The van der Waals surface area contributed by atoms with Gasteiger partial charge in [0.1, 0.15) is 23.2 Å². The molecule has 9 heteroatoms. The number of allylic oxidation sites excluding steroid dienone is 2. The number of methoxy groups -OCH3 is 1. The monoisotopic (exact) mass is 478 g/mol. The first-order valence-electron chi connectivity index (χ1n) is 10.9. The van der Waals surface area contributed by atoms with Gasteiger partial charge in [0.15, 0.2) is 11.5 Å². The fraction of sp³-hybridized carbons (Fsp3) is 0.269. The number of ether oxygens (including phenoxy) is 5. The number of rotatable bonds is 8. The van der Waals surface area contributed by atoms with Crippen LogP contribution in [0.25, 0.3) is 0 Å². The Hall–Kier alpha value is -4.45. The standard InChI is InChI=1S/C26H26N2O7/c1-5-32-21-13-17(9-12-20(21)35-25(29)16-7-10-18(31-4)11-8-16)23-19(14-27)24(28)34-15(3)22(23)26(30)33-6-2/h7-13,23H,5-6,28H2,1-4H3. The minimum atomic E-state index is -0.849. The lowest BCUT2D eigenvalue weighted by Crippen LogP contribution is -2.25. The van der Waals surface area contributed by atoms with Crippen molar-refractivity contribution in [2.45, 2.75) is 26.7 Å². The normalized spacial score (nSPS) is 15.1. The summed E-state index contributed by atoms with van der Waals surface area (Å²) in [6.45, 7) is 5.47. The fourth-order valence-corrected chi connectivity index (χ4v) is 3.63. The minimum Gasteiger partial charge on any atom is -0.497 e. The summed E-state index contributed by atoms with van der Waals surface area (Å²) in [5.41, 5.74) is 7.02. The third kappa shape index (κ3) is 5.38. The molecular formula is C26H26N2O7.